The highest BCUT2D eigenvalue weighted by Gasteiger charge is 2.12. The Morgan fingerprint density at radius 2 is 1.73 bits per heavy atom. The van der Waals surface area contributed by atoms with Gasteiger partial charge in [0.05, 0.1) is 5.56 Å². The molecule has 2 aromatic rings. The number of hydrogen-bond acceptors (Lipinski definition) is 5. The molecule has 0 aliphatic heterocycles. The Hall–Kier alpha value is -3.33. The molecule has 6 nitrogen and oxygen atoms in total. The number of nitrogens with one attached hydrogen (secondary N) is 1. The van der Waals surface area contributed by atoms with E-state index in [1.165, 1.54) is 0 Å². The van der Waals surface area contributed by atoms with E-state index in [9.17, 15) is 9.59 Å². The number of carbonyl (C=O) groups excluding carboxylic acids is 2. The molecular weight excluding hydrogens is 332 g/mol. The van der Waals surface area contributed by atoms with E-state index in [2.05, 4.69) is 5.32 Å². The van der Waals surface area contributed by atoms with Crippen LogP contribution in [0.2, 0.25) is 0 Å². The Labute approximate surface area is 152 Å². The molecule has 0 saturated carbocycles. The molecular formula is C20H20N2O4. The number of ether oxygens (including phenoxy) is 2. The number of hydrogen-bond donors (Lipinski definition) is 1. The number of anilines is 1. The molecule has 0 radical (unpaired) electrons. The van der Waals surface area contributed by atoms with Crippen molar-refractivity contribution in [3.05, 3.63) is 58.7 Å². The van der Waals surface area contributed by atoms with Gasteiger partial charge in [0.25, 0.3) is 5.91 Å². The van der Waals surface area contributed by atoms with Crippen LogP contribution in [0.3, 0.4) is 0 Å². The summed E-state index contributed by atoms with van der Waals surface area (Å²) in [6, 6.07) is 12.5. The number of para-hydroxylation sites is 1. The number of rotatable bonds is 6. The van der Waals surface area contributed by atoms with Gasteiger partial charge in [-0.25, -0.2) is 4.79 Å². The van der Waals surface area contributed by atoms with Crippen LogP contribution in [0.25, 0.3) is 0 Å². The summed E-state index contributed by atoms with van der Waals surface area (Å²) in [5.41, 5.74) is 4.04. The van der Waals surface area contributed by atoms with Gasteiger partial charge < -0.3 is 14.8 Å². The summed E-state index contributed by atoms with van der Waals surface area (Å²) >= 11 is 0. The molecule has 0 bridgehead atoms. The predicted octanol–water partition coefficient (Wildman–Crippen LogP) is 3.04. The molecule has 2 rings (SSSR count). The first kappa shape index (κ1) is 19.0. The molecule has 0 fully saturated rings. The molecule has 0 spiro atoms. The maximum Gasteiger partial charge on any atom is 0.344 e. The summed E-state index contributed by atoms with van der Waals surface area (Å²) in [6.07, 6.45) is 0. The molecule has 6 heteroatoms. The maximum absolute atomic E-state index is 12.0. The zero-order chi connectivity index (χ0) is 19.1. The molecule has 0 saturated heterocycles. The quantitative estimate of drug-likeness (QED) is 0.807. The van der Waals surface area contributed by atoms with Crippen molar-refractivity contribution in [1.29, 1.82) is 5.26 Å². The molecule has 2 aromatic carbocycles. The fraction of sp³-hybridized carbons (Fsp3) is 0.250. The Morgan fingerprint density at radius 1 is 1.08 bits per heavy atom. The number of esters is 1. The van der Waals surface area contributed by atoms with E-state index in [0.29, 0.717) is 11.3 Å². The van der Waals surface area contributed by atoms with E-state index in [0.717, 1.165) is 22.4 Å². The van der Waals surface area contributed by atoms with Gasteiger partial charge in [-0.05, 0) is 44.0 Å². The highest BCUT2D eigenvalue weighted by atomic mass is 16.6. The van der Waals surface area contributed by atoms with Crippen LogP contribution in [0.4, 0.5) is 5.69 Å². The van der Waals surface area contributed by atoms with Gasteiger partial charge in [-0.3, -0.25) is 4.79 Å². The first-order chi connectivity index (χ1) is 12.4. The Bertz CT molecular complexity index is 845. The second-order valence-corrected chi connectivity index (χ2v) is 5.88. The minimum absolute atomic E-state index is 0.294. The molecule has 0 aromatic heterocycles. The van der Waals surface area contributed by atoms with Gasteiger partial charge in [0, 0.05) is 5.69 Å². The van der Waals surface area contributed by atoms with Gasteiger partial charge in [-0.2, -0.15) is 5.26 Å². The zero-order valence-corrected chi connectivity index (χ0v) is 15.0. The third kappa shape index (κ3) is 5.08. The van der Waals surface area contributed by atoms with Crippen molar-refractivity contribution < 1.29 is 19.1 Å². The van der Waals surface area contributed by atoms with Crippen LogP contribution in [0, 0.1) is 32.1 Å². The Balaban J connectivity index is 1.84. The first-order valence-corrected chi connectivity index (χ1v) is 8.06. The normalized spacial score (nSPS) is 9.92. The lowest BCUT2D eigenvalue weighted by Gasteiger charge is -2.13. The van der Waals surface area contributed by atoms with Crippen LogP contribution in [0.5, 0.6) is 5.75 Å². The van der Waals surface area contributed by atoms with E-state index < -0.39 is 18.5 Å². The predicted molar refractivity (Wildman–Crippen MR) is 96.9 cm³/mol. The molecule has 26 heavy (non-hydrogen) atoms. The van der Waals surface area contributed by atoms with E-state index in [4.69, 9.17) is 14.7 Å². The number of amides is 1. The van der Waals surface area contributed by atoms with Gasteiger partial charge in [0.1, 0.15) is 11.8 Å². The monoisotopic (exact) mass is 352 g/mol. The second-order valence-electron chi connectivity index (χ2n) is 5.88. The smallest absolute Gasteiger partial charge is 0.344 e. The summed E-state index contributed by atoms with van der Waals surface area (Å²) in [5.74, 6) is -0.821. The topological polar surface area (TPSA) is 88.4 Å². The Kier molecular flexibility index (Phi) is 6.34. The van der Waals surface area contributed by atoms with Gasteiger partial charge in [-0.15, -0.1) is 0 Å². The highest BCUT2D eigenvalue weighted by molar-refractivity contribution is 5.94. The fourth-order valence-electron chi connectivity index (χ4n) is 2.56. The third-order valence-electron chi connectivity index (χ3n) is 3.66. The van der Waals surface area contributed by atoms with Crippen molar-refractivity contribution in [3.8, 4) is 11.8 Å². The summed E-state index contributed by atoms with van der Waals surface area (Å²) in [6.45, 7) is 5.01. The van der Waals surface area contributed by atoms with Gasteiger partial charge >= 0.3 is 5.97 Å². The summed E-state index contributed by atoms with van der Waals surface area (Å²) in [5, 5.41) is 11.7. The van der Waals surface area contributed by atoms with Crippen molar-refractivity contribution in [2.45, 2.75) is 20.8 Å². The van der Waals surface area contributed by atoms with Crippen LogP contribution in [0.1, 0.15) is 22.3 Å². The number of benzene rings is 2. The standard InChI is InChI=1S/C20H20N2O4/c1-13-8-14(2)20(15(3)9-13)22-18(23)11-26-19(24)12-25-17-7-5-4-6-16(17)10-21/h4-9H,11-12H2,1-3H3,(H,22,23). The number of carbonyl (C=O) groups is 2. The maximum atomic E-state index is 12.0. The van der Waals surface area contributed by atoms with Crippen LogP contribution in [-0.4, -0.2) is 25.1 Å². The van der Waals surface area contributed by atoms with Crippen molar-refractivity contribution in [1.82, 2.24) is 0 Å². The van der Waals surface area contributed by atoms with Gasteiger partial charge in [0.15, 0.2) is 13.2 Å². The van der Waals surface area contributed by atoms with E-state index in [-0.39, 0.29) is 6.61 Å². The minimum atomic E-state index is -0.690. The van der Waals surface area contributed by atoms with Gasteiger partial charge in [0.2, 0.25) is 0 Å². The fourth-order valence-corrected chi connectivity index (χ4v) is 2.56. The van der Waals surface area contributed by atoms with Gasteiger partial charge in [-0.1, -0.05) is 29.8 Å². The largest absolute Gasteiger partial charge is 0.481 e. The van der Waals surface area contributed by atoms with E-state index >= 15 is 0 Å². The van der Waals surface area contributed by atoms with Crippen LogP contribution in [-0.2, 0) is 14.3 Å². The molecule has 134 valence electrons. The molecule has 1 N–H and O–H groups in total. The Morgan fingerprint density at radius 3 is 2.38 bits per heavy atom. The van der Waals surface area contributed by atoms with Crippen LogP contribution < -0.4 is 10.1 Å². The lowest BCUT2D eigenvalue weighted by Crippen LogP contribution is -2.24. The van der Waals surface area contributed by atoms with Crippen molar-refractivity contribution in [3.63, 3.8) is 0 Å². The summed E-state index contributed by atoms with van der Waals surface area (Å²) in [7, 11) is 0. The number of aryl methyl sites for hydroxylation is 3. The highest BCUT2D eigenvalue weighted by Crippen LogP contribution is 2.21. The van der Waals surface area contributed by atoms with Crippen molar-refractivity contribution in [2.75, 3.05) is 18.5 Å². The summed E-state index contributed by atoms with van der Waals surface area (Å²) < 4.78 is 10.2. The SMILES string of the molecule is Cc1cc(C)c(NC(=O)COC(=O)COc2ccccc2C#N)c(C)c1. The third-order valence-corrected chi connectivity index (χ3v) is 3.66. The first-order valence-electron chi connectivity index (χ1n) is 8.06. The number of nitrogens with zero attached hydrogens (tertiary/aromatic N) is 1. The average Bonchev–Trinajstić information content (AvgIpc) is 2.61. The summed E-state index contributed by atoms with van der Waals surface area (Å²) in [4.78, 5) is 23.8. The second kappa shape index (κ2) is 8.67. The molecule has 0 aliphatic rings. The minimum Gasteiger partial charge on any atom is -0.481 e. The van der Waals surface area contributed by atoms with E-state index in [1.54, 1.807) is 24.3 Å². The molecule has 1 amide bonds. The molecule has 0 heterocycles. The molecule has 0 aliphatic carbocycles. The van der Waals surface area contributed by atoms with Crippen LogP contribution in [0.15, 0.2) is 36.4 Å². The number of nitriles is 1. The van der Waals surface area contributed by atoms with Crippen molar-refractivity contribution in [2.24, 2.45) is 0 Å². The lowest BCUT2D eigenvalue weighted by atomic mass is 10.1. The lowest BCUT2D eigenvalue weighted by molar-refractivity contribution is -0.149. The molecule has 0 atom stereocenters. The molecule has 0 unspecified atom stereocenters. The zero-order valence-electron chi connectivity index (χ0n) is 15.0. The average molecular weight is 352 g/mol. The van der Waals surface area contributed by atoms with Crippen molar-refractivity contribution >= 4 is 17.6 Å². The van der Waals surface area contributed by atoms with Crippen LogP contribution >= 0.6 is 0 Å². The van der Waals surface area contributed by atoms with E-state index in [1.807, 2.05) is 39.0 Å².